The number of nitrogens with one attached hydrogen (secondary N) is 1. The van der Waals surface area contributed by atoms with E-state index < -0.39 is 0 Å². The fourth-order valence-corrected chi connectivity index (χ4v) is 2.83. The van der Waals surface area contributed by atoms with Crippen LogP contribution in [0, 0.1) is 5.92 Å². The van der Waals surface area contributed by atoms with Crippen molar-refractivity contribution in [3.8, 4) is 5.75 Å². The predicted octanol–water partition coefficient (Wildman–Crippen LogP) is 2.57. The van der Waals surface area contributed by atoms with Crippen molar-refractivity contribution in [3.05, 3.63) is 29.3 Å². The molecule has 1 aliphatic heterocycles. The molecule has 1 aromatic carbocycles. The second-order valence-electron chi connectivity index (χ2n) is 5.43. The van der Waals surface area contributed by atoms with Crippen LogP contribution >= 0.6 is 11.6 Å². The number of halogens is 1. The van der Waals surface area contributed by atoms with Crippen LogP contribution in [-0.2, 0) is 4.79 Å². The predicted molar refractivity (Wildman–Crippen MR) is 84.8 cm³/mol. The molecule has 1 heterocycles. The highest BCUT2D eigenvalue weighted by atomic mass is 35.5. The Morgan fingerprint density at radius 2 is 2.29 bits per heavy atom. The molecule has 1 atom stereocenters. The molecular formula is C16H23ClN2O2. The molecule has 1 fully saturated rings. The van der Waals surface area contributed by atoms with Gasteiger partial charge in [-0.3, -0.25) is 4.79 Å². The summed E-state index contributed by atoms with van der Waals surface area (Å²) >= 11 is 6.01. The Labute approximate surface area is 131 Å². The molecule has 0 unspecified atom stereocenters. The lowest BCUT2D eigenvalue weighted by Gasteiger charge is -2.16. The van der Waals surface area contributed by atoms with Gasteiger partial charge in [0.25, 0.3) is 0 Å². The zero-order valence-corrected chi connectivity index (χ0v) is 13.2. The number of benzene rings is 1. The lowest BCUT2D eigenvalue weighted by atomic mass is 10.1. The zero-order valence-electron chi connectivity index (χ0n) is 12.5. The minimum atomic E-state index is 0.233. The van der Waals surface area contributed by atoms with Gasteiger partial charge < -0.3 is 15.0 Å². The quantitative estimate of drug-likeness (QED) is 0.787. The molecule has 21 heavy (non-hydrogen) atoms. The maximum absolute atomic E-state index is 12.1. The van der Waals surface area contributed by atoms with Crippen molar-refractivity contribution in [2.75, 3.05) is 33.3 Å². The molecule has 5 heteroatoms. The molecule has 1 aromatic rings. The zero-order chi connectivity index (χ0) is 15.1. The van der Waals surface area contributed by atoms with Crippen LogP contribution < -0.4 is 10.1 Å². The highest BCUT2D eigenvalue weighted by Crippen LogP contribution is 2.23. The van der Waals surface area contributed by atoms with Gasteiger partial charge >= 0.3 is 0 Å². The van der Waals surface area contributed by atoms with Gasteiger partial charge in [0.1, 0.15) is 5.75 Å². The van der Waals surface area contributed by atoms with E-state index in [4.69, 9.17) is 16.3 Å². The Kier molecular flexibility index (Phi) is 6.33. The normalized spacial score (nSPS) is 18.0. The van der Waals surface area contributed by atoms with Crippen molar-refractivity contribution in [1.29, 1.82) is 0 Å². The molecule has 4 nitrogen and oxygen atoms in total. The lowest BCUT2D eigenvalue weighted by Crippen LogP contribution is -2.30. The van der Waals surface area contributed by atoms with Gasteiger partial charge in [-0.15, -0.1) is 0 Å². The van der Waals surface area contributed by atoms with Gasteiger partial charge in [-0.2, -0.15) is 0 Å². The van der Waals surface area contributed by atoms with Gasteiger partial charge in [-0.1, -0.05) is 23.7 Å². The maximum Gasteiger partial charge on any atom is 0.222 e. The Bertz CT molecular complexity index is 467. The summed E-state index contributed by atoms with van der Waals surface area (Å²) in [5, 5.41) is 3.78. The van der Waals surface area contributed by atoms with E-state index in [-0.39, 0.29) is 5.91 Å². The summed E-state index contributed by atoms with van der Waals surface area (Å²) in [7, 11) is 1.95. The maximum atomic E-state index is 12.1. The van der Waals surface area contributed by atoms with Gasteiger partial charge in [-0.25, -0.2) is 0 Å². The first kappa shape index (κ1) is 16.1. The van der Waals surface area contributed by atoms with Crippen molar-refractivity contribution in [1.82, 2.24) is 10.2 Å². The molecule has 0 aromatic heterocycles. The summed E-state index contributed by atoms with van der Waals surface area (Å²) in [6.45, 7) is 3.27. The van der Waals surface area contributed by atoms with E-state index in [0.29, 0.717) is 29.7 Å². The van der Waals surface area contributed by atoms with Crippen LogP contribution in [0.2, 0.25) is 5.02 Å². The molecule has 0 saturated carbocycles. The minimum Gasteiger partial charge on any atom is -0.492 e. The Balaban J connectivity index is 1.65. The van der Waals surface area contributed by atoms with Crippen LogP contribution in [0.1, 0.15) is 19.3 Å². The van der Waals surface area contributed by atoms with Gasteiger partial charge in [0.05, 0.1) is 11.6 Å². The van der Waals surface area contributed by atoms with Crippen molar-refractivity contribution in [3.63, 3.8) is 0 Å². The molecule has 0 spiro atoms. The van der Waals surface area contributed by atoms with Crippen LogP contribution in [0.25, 0.3) is 0 Å². The molecule has 0 bridgehead atoms. The fraction of sp³-hybridized carbons (Fsp3) is 0.562. The lowest BCUT2D eigenvalue weighted by molar-refractivity contribution is -0.130. The molecule has 1 saturated heterocycles. The molecule has 2 rings (SSSR count). The molecule has 1 amide bonds. The average Bonchev–Trinajstić information content (AvgIpc) is 2.94. The smallest absolute Gasteiger partial charge is 0.222 e. The monoisotopic (exact) mass is 310 g/mol. The van der Waals surface area contributed by atoms with E-state index in [1.807, 2.05) is 30.1 Å². The third kappa shape index (κ3) is 4.90. The van der Waals surface area contributed by atoms with Crippen molar-refractivity contribution in [2.24, 2.45) is 5.92 Å². The second-order valence-corrected chi connectivity index (χ2v) is 5.84. The Morgan fingerprint density at radius 3 is 3.05 bits per heavy atom. The second kappa shape index (κ2) is 8.25. The minimum absolute atomic E-state index is 0.233. The van der Waals surface area contributed by atoms with E-state index in [0.717, 1.165) is 32.5 Å². The van der Waals surface area contributed by atoms with Crippen LogP contribution in [0.5, 0.6) is 5.75 Å². The van der Waals surface area contributed by atoms with Gasteiger partial charge in [-0.05, 0) is 44.5 Å². The Hall–Kier alpha value is -1.26. The van der Waals surface area contributed by atoms with Gasteiger partial charge in [0, 0.05) is 19.5 Å². The number of amides is 1. The highest BCUT2D eigenvalue weighted by Gasteiger charge is 2.25. The largest absolute Gasteiger partial charge is 0.492 e. The van der Waals surface area contributed by atoms with Crippen LogP contribution in [0.4, 0.5) is 0 Å². The van der Waals surface area contributed by atoms with Crippen LogP contribution in [0.15, 0.2) is 24.3 Å². The van der Waals surface area contributed by atoms with Crippen molar-refractivity contribution < 1.29 is 9.53 Å². The molecule has 0 aliphatic carbocycles. The van der Waals surface area contributed by atoms with Crippen molar-refractivity contribution >= 4 is 17.5 Å². The number of nitrogens with zero attached hydrogens (tertiary/aromatic N) is 1. The number of hydrogen-bond donors (Lipinski definition) is 1. The standard InChI is InChI=1S/C16H23ClN2O2/c1-18-11-13-8-9-19(12-13)16(20)7-4-10-21-15-6-3-2-5-14(15)17/h2-3,5-6,13,18H,4,7-12H2,1H3/t13-/m1/s1. The van der Waals surface area contributed by atoms with E-state index in [9.17, 15) is 4.79 Å². The number of ether oxygens (including phenoxy) is 1. The van der Waals surface area contributed by atoms with Crippen LogP contribution in [0.3, 0.4) is 0 Å². The summed E-state index contributed by atoms with van der Waals surface area (Å²) in [4.78, 5) is 14.1. The topological polar surface area (TPSA) is 41.6 Å². The van der Waals surface area contributed by atoms with E-state index in [2.05, 4.69) is 5.32 Å². The van der Waals surface area contributed by atoms with Gasteiger partial charge in [0.2, 0.25) is 5.91 Å². The number of likely N-dealkylation sites (tertiary alicyclic amines) is 1. The average molecular weight is 311 g/mol. The molecule has 1 aliphatic rings. The first-order valence-electron chi connectivity index (χ1n) is 7.50. The first-order chi connectivity index (χ1) is 10.2. The fourth-order valence-electron chi connectivity index (χ4n) is 2.64. The molecule has 116 valence electrons. The van der Waals surface area contributed by atoms with E-state index >= 15 is 0 Å². The van der Waals surface area contributed by atoms with Gasteiger partial charge in [0.15, 0.2) is 0 Å². The third-order valence-electron chi connectivity index (χ3n) is 3.76. The SMILES string of the molecule is CNC[C@H]1CCN(C(=O)CCCOc2ccccc2Cl)C1. The Morgan fingerprint density at radius 1 is 1.48 bits per heavy atom. The number of rotatable bonds is 7. The summed E-state index contributed by atoms with van der Waals surface area (Å²) in [5.41, 5.74) is 0. The van der Waals surface area contributed by atoms with E-state index in [1.54, 1.807) is 6.07 Å². The molecule has 1 N–H and O–H groups in total. The third-order valence-corrected chi connectivity index (χ3v) is 4.07. The summed E-state index contributed by atoms with van der Waals surface area (Å²) in [6.07, 6.45) is 2.36. The molecular weight excluding hydrogens is 288 g/mol. The van der Waals surface area contributed by atoms with Crippen LogP contribution in [-0.4, -0.2) is 44.1 Å². The number of carbonyl (C=O) groups is 1. The summed E-state index contributed by atoms with van der Waals surface area (Å²) < 4.78 is 5.60. The first-order valence-corrected chi connectivity index (χ1v) is 7.88. The molecule has 0 radical (unpaired) electrons. The number of carbonyl (C=O) groups excluding carboxylic acids is 1. The number of hydrogen-bond acceptors (Lipinski definition) is 3. The highest BCUT2D eigenvalue weighted by molar-refractivity contribution is 6.32. The summed E-state index contributed by atoms with van der Waals surface area (Å²) in [6, 6.07) is 7.40. The van der Waals surface area contributed by atoms with E-state index in [1.165, 1.54) is 0 Å². The van der Waals surface area contributed by atoms with Crippen molar-refractivity contribution in [2.45, 2.75) is 19.3 Å². The summed E-state index contributed by atoms with van der Waals surface area (Å²) in [5.74, 6) is 1.51. The number of para-hydroxylation sites is 1.